The second-order valence-corrected chi connectivity index (χ2v) is 11.3. The van der Waals surface area contributed by atoms with Crippen LogP contribution in [0.4, 0.5) is 5.69 Å². The van der Waals surface area contributed by atoms with Crippen LogP contribution < -0.4 is 4.90 Å². The summed E-state index contributed by atoms with van der Waals surface area (Å²) in [6.45, 7) is 0. The van der Waals surface area contributed by atoms with Crippen molar-refractivity contribution in [1.29, 1.82) is 0 Å². The van der Waals surface area contributed by atoms with Crippen LogP contribution in [0.25, 0.3) is 10.2 Å². The van der Waals surface area contributed by atoms with E-state index < -0.39 is 0 Å². The van der Waals surface area contributed by atoms with Crippen LogP contribution in [0.5, 0.6) is 0 Å². The quantitative estimate of drug-likeness (QED) is 0.250. The van der Waals surface area contributed by atoms with E-state index in [2.05, 4.69) is 17.1 Å². The second-order valence-electron chi connectivity index (χ2n) is 8.17. The smallest absolute Gasteiger partial charge is 0.238 e. The third kappa shape index (κ3) is 3.15. The highest BCUT2D eigenvalue weighted by Crippen LogP contribution is 2.53. The molecular formula is C23H16Cl2N2O2S2. The van der Waals surface area contributed by atoms with Gasteiger partial charge in [0.2, 0.25) is 11.8 Å². The highest BCUT2D eigenvalue weighted by molar-refractivity contribution is 8.00. The van der Waals surface area contributed by atoms with Gasteiger partial charge >= 0.3 is 0 Å². The van der Waals surface area contributed by atoms with Gasteiger partial charge in [0, 0.05) is 15.8 Å². The molecule has 1 aliphatic heterocycles. The van der Waals surface area contributed by atoms with Gasteiger partial charge in [-0.3, -0.25) is 9.59 Å². The average Bonchev–Trinajstić information content (AvgIpc) is 3.51. The van der Waals surface area contributed by atoms with Crippen molar-refractivity contribution in [2.24, 2.45) is 23.7 Å². The van der Waals surface area contributed by atoms with E-state index in [1.807, 2.05) is 24.3 Å². The predicted molar refractivity (Wildman–Crippen MR) is 126 cm³/mol. The van der Waals surface area contributed by atoms with Crippen LogP contribution in [0.1, 0.15) is 12.0 Å². The Morgan fingerprint density at radius 2 is 1.77 bits per heavy atom. The molecule has 0 N–H and O–H groups in total. The number of carbonyl (C=O) groups excluding carboxylic acids is 2. The third-order valence-corrected chi connectivity index (χ3v) is 9.25. The summed E-state index contributed by atoms with van der Waals surface area (Å²) in [7, 11) is 0. The number of hydrogen-bond donors (Lipinski definition) is 0. The summed E-state index contributed by atoms with van der Waals surface area (Å²) in [6.07, 6.45) is 5.16. The van der Waals surface area contributed by atoms with Crippen molar-refractivity contribution in [3.05, 3.63) is 64.2 Å². The number of amides is 2. The van der Waals surface area contributed by atoms with Gasteiger partial charge in [0.1, 0.15) is 0 Å². The lowest BCUT2D eigenvalue weighted by Crippen LogP contribution is -2.32. The van der Waals surface area contributed by atoms with Gasteiger partial charge in [-0.05, 0) is 60.2 Å². The SMILES string of the molecule is O=C1[C@H]2[C@H](C(=O)N1c1ccc3nc(SCc4cc(Cl)ccc4Cl)sc3c1)[C@H]1C=C[C@H]2C1. The fourth-order valence-corrected chi connectivity index (χ4v) is 7.59. The highest BCUT2D eigenvalue weighted by atomic mass is 35.5. The van der Waals surface area contributed by atoms with Gasteiger partial charge in [0.15, 0.2) is 4.34 Å². The molecule has 2 fully saturated rings. The fraction of sp³-hybridized carbons (Fsp3) is 0.261. The molecule has 4 atom stereocenters. The summed E-state index contributed by atoms with van der Waals surface area (Å²) >= 11 is 15.5. The first kappa shape index (κ1) is 19.8. The Morgan fingerprint density at radius 1 is 1.03 bits per heavy atom. The van der Waals surface area contributed by atoms with Crippen LogP contribution in [0.2, 0.25) is 10.0 Å². The number of imide groups is 1. The fourth-order valence-electron chi connectivity index (χ4n) is 5.04. The van der Waals surface area contributed by atoms with Crippen LogP contribution in [-0.2, 0) is 15.3 Å². The summed E-state index contributed by atoms with van der Waals surface area (Å²) in [5.74, 6) is 0.604. The summed E-state index contributed by atoms with van der Waals surface area (Å²) in [4.78, 5) is 32.2. The lowest BCUT2D eigenvalue weighted by molar-refractivity contribution is -0.123. The largest absolute Gasteiger partial charge is 0.274 e. The number of hydrogen-bond acceptors (Lipinski definition) is 5. The van der Waals surface area contributed by atoms with Crippen LogP contribution >= 0.6 is 46.3 Å². The van der Waals surface area contributed by atoms with Crippen LogP contribution in [0, 0.1) is 23.7 Å². The number of halogens is 2. The zero-order chi connectivity index (χ0) is 21.3. The van der Waals surface area contributed by atoms with E-state index >= 15 is 0 Å². The molecule has 0 unspecified atom stereocenters. The molecule has 4 nitrogen and oxygen atoms in total. The molecule has 2 aromatic carbocycles. The maximum absolute atomic E-state index is 13.1. The van der Waals surface area contributed by atoms with E-state index in [4.69, 9.17) is 23.2 Å². The number of carbonyl (C=O) groups is 2. The Kier molecular flexibility index (Phi) is 4.69. The molecule has 2 amide bonds. The predicted octanol–water partition coefficient (Wildman–Crippen LogP) is 6.21. The normalized spacial score (nSPS) is 26.5. The first-order valence-electron chi connectivity index (χ1n) is 10.0. The Labute approximate surface area is 197 Å². The van der Waals surface area contributed by atoms with Crippen molar-refractivity contribution < 1.29 is 9.59 Å². The van der Waals surface area contributed by atoms with Crippen molar-refractivity contribution >= 4 is 74.0 Å². The van der Waals surface area contributed by atoms with Gasteiger partial charge in [-0.25, -0.2) is 9.88 Å². The molecule has 2 heterocycles. The molecular weight excluding hydrogens is 471 g/mol. The number of nitrogens with zero attached hydrogens (tertiary/aromatic N) is 2. The Morgan fingerprint density at radius 3 is 2.52 bits per heavy atom. The lowest BCUT2D eigenvalue weighted by Gasteiger charge is -2.17. The van der Waals surface area contributed by atoms with Crippen LogP contribution in [-0.4, -0.2) is 16.8 Å². The summed E-state index contributed by atoms with van der Waals surface area (Å²) in [6, 6.07) is 11.1. The molecule has 0 spiro atoms. The standard InChI is InChI=1S/C23H16Cl2N2O2S2/c24-14-3-5-16(25)13(8-14)10-30-23-26-17-6-4-15(9-18(17)31-23)27-21(28)19-11-1-2-12(7-11)20(19)22(27)29/h1-6,8-9,11-12,19-20H,7,10H2/t11-,12-,19+,20+/m0/s1. The molecule has 3 aliphatic rings. The maximum Gasteiger partial charge on any atom is 0.238 e. The first-order valence-corrected chi connectivity index (χ1v) is 12.6. The van der Waals surface area contributed by atoms with Crippen molar-refractivity contribution in [3.63, 3.8) is 0 Å². The van der Waals surface area contributed by atoms with E-state index in [0.717, 1.165) is 26.5 Å². The molecule has 6 rings (SSSR count). The van der Waals surface area contributed by atoms with Gasteiger partial charge in [0.05, 0.1) is 27.7 Å². The van der Waals surface area contributed by atoms with E-state index in [9.17, 15) is 9.59 Å². The number of allylic oxidation sites excluding steroid dienone is 2. The van der Waals surface area contributed by atoms with Crippen LogP contribution in [0.15, 0.2) is 52.9 Å². The molecule has 1 aromatic heterocycles. The van der Waals surface area contributed by atoms with Crippen molar-refractivity contribution in [3.8, 4) is 0 Å². The van der Waals surface area contributed by atoms with Gasteiger partial charge in [-0.1, -0.05) is 47.1 Å². The minimum Gasteiger partial charge on any atom is -0.274 e. The maximum atomic E-state index is 13.1. The molecule has 31 heavy (non-hydrogen) atoms. The van der Waals surface area contributed by atoms with Gasteiger partial charge in [-0.15, -0.1) is 11.3 Å². The molecule has 1 saturated heterocycles. The third-order valence-electron chi connectivity index (χ3n) is 6.44. The number of aromatic nitrogens is 1. The van der Waals surface area contributed by atoms with E-state index in [1.165, 1.54) is 4.90 Å². The van der Waals surface area contributed by atoms with Gasteiger partial charge in [-0.2, -0.15) is 0 Å². The van der Waals surface area contributed by atoms with Gasteiger partial charge < -0.3 is 0 Å². The highest BCUT2D eigenvalue weighted by Gasteiger charge is 2.59. The number of rotatable bonds is 4. The molecule has 0 radical (unpaired) electrons. The number of fused-ring (bicyclic) bond motifs is 6. The molecule has 3 aromatic rings. The Bertz CT molecular complexity index is 1260. The lowest BCUT2D eigenvalue weighted by atomic mass is 9.85. The number of benzene rings is 2. The van der Waals surface area contributed by atoms with Crippen molar-refractivity contribution in [2.75, 3.05) is 4.90 Å². The molecule has 2 aliphatic carbocycles. The van der Waals surface area contributed by atoms with E-state index in [1.54, 1.807) is 35.2 Å². The summed E-state index contributed by atoms with van der Waals surface area (Å²) < 4.78 is 1.86. The van der Waals surface area contributed by atoms with Crippen molar-refractivity contribution in [1.82, 2.24) is 4.98 Å². The van der Waals surface area contributed by atoms with Crippen LogP contribution in [0.3, 0.4) is 0 Å². The van der Waals surface area contributed by atoms with E-state index in [-0.39, 0.29) is 35.5 Å². The van der Waals surface area contributed by atoms with Crippen molar-refractivity contribution in [2.45, 2.75) is 16.5 Å². The average molecular weight is 487 g/mol. The number of thioether (sulfide) groups is 1. The molecule has 156 valence electrons. The first-order chi connectivity index (χ1) is 15.0. The number of anilines is 1. The number of thiazole rings is 1. The Hall–Kier alpha value is -1.86. The monoisotopic (exact) mass is 486 g/mol. The zero-order valence-electron chi connectivity index (χ0n) is 16.1. The van der Waals surface area contributed by atoms with E-state index in [0.29, 0.717) is 21.5 Å². The van der Waals surface area contributed by atoms with Gasteiger partial charge in [0.25, 0.3) is 0 Å². The topological polar surface area (TPSA) is 50.3 Å². The summed E-state index contributed by atoms with van der Waals surface area (Å²) in [5, 5.41) is 1.34. The molecule has 8 heteroatoms. The molecule has 1 saturated carbocycles. The second kappa shape index (κ2) is 7.34. The minimum absolute atomic E-state index is 0.0547. The summed E-state index contributed by atoms with van der Waals surface area (Å²) in [5.41, 5.74) is 2.46. The minimum atomic E-state index is -0.187. The zero-order valence-corrected chi connectivity index (χ0v) is 19.3. The Balaban J connectivity index is 1.26. The molecule has 2 bridgehead atoms.